The second-order valence-corrected chi connectivity index (χ2v) is 14.1. The van der Waals surface area contributed by atoms with Gasteiger partial charge in [0, 0.05) is 0 Å². The van der Waals surface area contributed by atoms with Crippen LogP contribution in [0, 0.1) is 40.0 Å². The molecule has 2 saturated carbocycles. The quantitative estimate of drug-likeness (QED) is 0.225. The first-order chi connectivity index (χ1) is 12.1. The van der Waals surface area contributed by atoms with E-state index in [2.05, 4.69) is 59.5 Å². The molecular weight excluding hydrogens is 414 g/mol. The molecule has 0 amide bonds. The number of rotatable bonds is 3. The van der Waals surface area contributed by atoms with Crippen LogP contribution in [0.1, 0.15) is 60.3 Å². The molecule has 0 bridgehead atoms. The van der Waals surface area contributed by atoms with Gasteiger partial charge in [-0.2, -0.15) is 0 Å². The van der Waals surface area contributed by atoms with Crippen molar-refractivity contribution in [2.45, 2.75) is 84.5 Å². The minimum absolute atomic E-state index is 0. The first kappa shape index (κ1) is 34.5. The molecule has 0 spiro atoms. The van der Waals surface area contributed by atoms with Crippen LogP contribution >= 0.6 is 0 Å². The molecule has 0 radical (unpaired) electrons. The number of hydrogen-bond acceptors (Lipinski definition) is 0. The summed E-state index contributed by atoms with van der Waals surface area (Å²) in [6.45, 7) is 19.7. The third-order valence-corrected chi connectivity index (χ3v) is 9.88. The van der Waals surface area contributed by atoms with Crippen molar-refractivity contribution in [1.29, 1.82) is 0 Å². The van der Waals surface area contributed by atoms with Crippen LogP contribution in [0.4, 0.5) is 0 Å². The van der Waals surface area contributed by atoms with Gasteiger partial charge >= 0.3 is 21.7 Å². The van der Waals surface area contributed by atoms with E-state index in [1.165, 1.54) is 25.7 Å². The predicted octanol–water partition coefficient (Wildman–Crippen LogP) is 9.15. The van der Waals surface area contributed by atoms with Gasteiger partial charge in [-0.05, 0) is 61.5 Å². The van der Waals surface area contributed by atoms with Crippen LogP contribution in [-0.4, -0.2) is 13.8 Å². The van der Waals surface area contributed by atoms with Gasteiger partial charge < -0.3 is 27.3 Å². The summed E-state index contributed by atoms with van der Waals surface area (Å²) in [4.78, 5) is 5.34. The molecule has 0 saturated heterocycles. The summed E-state index contributed by atoms with van der Waals surface area (Å²) in [5.41, 5.74) is 4.32. The topological polar surface area (TPSA) is 14.1 Å². The van der Waals surface area contributed by atoms with Gasteiger partial charge in [0.05, 0.1) is 0 Å². The van der Waals surface area contributed by atoms with Gasteiger partial charge in [-0.1, -0.05) is 91.5 Å². The van der Waals surface area contributed by atoms with Crippen LogP contribution in [0.25, 0.3) is 4.98 Å². The molecule has 1 nitrogen and oxygen atoms in total. The molecule has 2 fully saturated rings. The molecule has 0 aromatic heterocycles. The van der Waals surface area contributed by atoms with Crippen LogP contribution in [-0.2, 0) is 21.7 Å². The zero-order valence-electron chi connectivity index (χ0n) is 21.7. The van der Waals surface area contributed by atoms with Crippen LogP contribution in [0.2, 0.25) is 18.6 Å². The molecule has 0 aliphatic heterocycles. The minimum atomic E-state index is -1.57. The normalized spacial score (nSPS) is 26.8. The van der Waals surface area contributed by atoms with Crippen molar-refractivity contribution in [3.63, 3.8) is 0 Å². The second kappa shape index (κ2) is 14.1. The summed E-state index contributed by atoms with van der Waals surface area (Å²) in [5, 5.41) is 0. The van der Waals surface area contributed by atoms with Gasteiger partial charge in [0.1, 0.15) is 0 Å². The van der Waals surface area contributed by atoms with Gasteiger partial charge in [0.2, 0.25) is 0 Å². The Morgan fingerprint density at radius 2 is 1.60 bits per heavy atom. The molecule has 0 N–H and O–H groups in total. The molecule has 3 aliphatic carbocycles. The molecule has 4 unspecified atom stereocenters. The zero-order valence-corrected chi connectivity index (χ0v) is 24.2. The minimum Gasteiger partial charge on any atom is -0.660 e. The van der Waals surface area contributed by atoms with Crippen molar-refractivity contribution in [3.8, 4) is 0 Å². The van der Waals surface area contributed by atoms with E-state index in [4.69, 9.17) is 4.98 Å². The first-order valence-corrected chi connectivity index (χ1v) is 13.5. The Morgan fingerprint density at radius 3 is 2.03 bits per heavy atom. The predicted molar refractivity (Wildman–Crippen MR) is 139 cm³/mol. The summed E-state index contributed by atoms with van der Waals surface area (Å²) in [6.07, 6.45) is 16.4. The maximum atomic E-state index is 5.34. The molecule has 3 heteroatoms. The number of nitrogens with zero attached hydrogens (tertiary/aromatic N) is 1. The van der Waals surface area contributed by atoms with Crippen LogP contribution < -0.4 is 0 Å². The SMILES string of the molecule is C=C/C=C/C.CC1CC2C=C3CCCC3=CC2C1[Si](C)(C)[N-]C(C)(C)C.[CH3-].[CH3-].[CH3-].[Ti+4]. The fraction of sp³-hybridized carbons (Fsp3) is 0.593. The molecular formula is C27H49NSiTi. The fourth-order valence-electron chi connectivity index (χ4n) is 5.69. The average Bonchev–Trinajstić information content (AvgIpc) is 3.05. The summed E-state index contributed by atoms with van der Waals surface area (Å²) in [6, 6.07) is 0. The van der Waals surface area contributed by atoms with E-state index in [9.17, 15) is 0 Å². The molecule has 30 heavy (non-hydrogen) atoms. The largest absolute Gasteiger partial charge is 4.00 e. The number of fused-ring (bicyclic) bond motifs is 2. The second-order valence-electron chi connectivity index (χ2n) is 9.92. The number of hydrogen-bond donors (Lipinski definition) is 0. The molecule has 0 heterocycles. The molecule has 0 aromatic carbocycles. The van der Waals surface area contributed by atoms with Gasteiger partial charge in [0.15, 0.2) is 0 Å². The van der Waals surface area contributed by atoms with Gasteiger partial charge in [-0.15, -0.1) is 5.54 Å². The molecule has 3 aliphatic rings. The van der Waals surface area contributed by atoms with E-state index in [0.29, 0.717) is 0 Å². The summed E-state index contributed by atoms with van der Waals surface area (Å²) in [5.74, 6) is 2.42. The van der Waals surface area contributed by atoms with E-state index in [0.717, 1.165) is 23.3 Å². The van der Waals surface area contributed by atoms with E-state index in [-0.39, 0.29) is 49.5 Å². The maximum Gasteiger partial charge on any atom is 4.00 e. The molecule has 3 rings (SSSR count). The van der Waals surface area contributed by atoms with Gasteiger partial charge in [-0.3, -0.25) is 0 Å². The maximum absolute atomic E-state index is 5.34. The van der Waals surface area contributed by atoms with E-state index in [1.54, 1.807) is 17.2 Å². The van der Waals surface area contributed by atoms with Gasteiger partial charge in [0.25, 0.3) is 0 Å². The van der Waals surface area contributed by atoms with Crippen LogP contribution in [0.3, 0.4) is 0 Å². The van der Waals surface area contributed by atoms with Crippen molar-refractivity contribution < 1.29 is 21.7 Å². The molecule has 0 aromatic rings. The zero-order chi connectivity index (χ0) is 19.5. The van der Waals surface area contributed by atoms with E-state index < -0.39 is 8.24 Å². The smallest absolute Gasteiger partial charge is 0.660 e. The van der Waals surface area contributed by atoms with Crippen molar-refractivity contribution in [2.24, 2.45) is 17.8 Å². The van der Waals surface area contributed by atoms with Crippen molar-refractivity contribution in [3.05, 3.63) is 75.4 Å². The van der Waals surface area contributed by atoms with Crippen LogP contribution in [0.5, 0.6) is 0 Å². The Morgan fingerprint density at radius 1 is 1.07 bits per heavy atom. The third kappa shape index (κ3) is 8.77. The van der Waals surface area contributed by atoms with Crippen molar-refractivity contribution in [2.75, 3.05) is 0 Å². The Bertz CT molecular complexity index is 594. The third-order valence-electron chi connectivity index (χ3n) is 6.05. The summed E-state index contributed by atoms with van der Waals surface area (Å²) >= 11 is 0. The van der Waals surface area contributed by atoms with E-state index in [1.807, 2.05) is 19.1 Å². The Kier molecular flexibility index (Phi) is 16.2. The Balaban J connectivity index is -0.000000733. The Hall–Kier alpha value is -0.149. The van der Waals surface area contributed by atoms with Crippen molar-refractivity contribution in [1.82, 2.24) is 0 Å². The van der Waals surface area contributed by atoms with Gasteiger partial charge in [-0.25, -0.2) is 0 Å². The van der Waals surface area contributed by atoms with Crippen LogP contribution in [0.15, 0.2) is 48.1 Å². The first-order valence-electron chi connectivity index (χ1n) is 10.5. The fourth-order valence-corrected chi connectivity index (χ4v) is 10.4. The standard InChI is InChI=1S/C19H32NSi.C5H8.3CH3.Ti/c1-13-10-16-11-14-8-7-9-15(14)12-17(16)18(13)21(5,6)20-19(2,3)4;1-3-5-4-2;;;;/h11-13,16-18H,7-10H2,1-6H3;3-5H,1H2,2H3;3*1H3;/q-1;;3*-1;+4/b;5-4+;;;;. The monoisotopic (exact) mass is 463 g/mol. The molecule has 4 atom stereocenters. The summed E-state index contributed by atoms with van der Waals surface area (Å²) in [7, 11) is -1.57. The Labute approximate surface area is 206 Å². The van der Waals surface area contributed by atoms with Crippen molar-refractivity contribution >= 4 is 8.24 Å². The average molecular weight is 464 g/mol. The van der Waals surface area contributed by atoms with E-state index >= 15 is 0 Å². The molecule has 170 valence electrons. The summed E-state index contributed by atoms with van der Waals surface area (Å²) < 4.78 is 0. The number of allylic oxidation sites excluding steroid dienone is 7.